The molecule has 0 bridgehead atoms. The number of carbonyl (C=O) groups is 1. The van der Waals surface area contributed by atoms with Gasteiger partial charge in [0.2, 0.25) is 0 Å². The second-order valence-electron chi connectivity index (χ2n) is 6.64. The molecule has 0 spiro atoms. The molecule has 0 heterocycles. The molecule has 2 atom stereocenters. The number of carbonyl (C=O) groups excluding carboxylic acids is 1. The van der Waals surface area contributed by atoms with Crippen molar-refractivity contribution in [3.63, 3.8) is 0 Å². The van der Waals surface area contributed by atoms with E-state index >= 15 is 0 Å². The van der Waals surface area contributed by atoms with E-state index in [2.05, 4.69) is 16.9 Å². The van der Waals surface area contributed by atoms with Crippen LogP contribution >= 0.6 is 11.8 Å². The molecular weight excluding hydrogens is 308 g/mol. The molecule has 0 aromatic heterocycles. The summed E-state index contributed by atoms with van der Waals surface area (Å²) in [4.78, 5) is 12.4. The number of hydrogen-bond acceptors (Lipinski definition) is 3. The Labute approximate surface area is 143 Å². The molecule has 1 saturated carbocycles. The molecular formula is C18H28N2O2S. The number of ether oxygens (including phenoxy) is 1. The maximum Gasteiger partial charge on any atom is 0.315 e. The third-order valence-corrected chi connectivity index (χ3v) is 5.60. The number of benzene rings is 1. The molecule has 1 fully saturated rings. The summed E-state index contributed by atoms with van der Waals surface area (Å²) >= 11 is 1.90. The molecule has 1 aliphatic carbocycles. The Balaban J connectivity index is 1.98. The van der Waals surface area contributed by atoms with Crippen molar-refractivity contribution < 1.29 is 9.53 Å². The van der Waals surface area contributed by atoms with Crippen molar-refractivity contribution in [2.75, 3.05) is 13.4 Å². The van der Waals surface area contributed by atoms with Crippen LogP contribution in [0, 0.1) is 0 Å². The van der Waals surface area contributed by atoms with Crippen LogP contribution in [-0.4, -0.2) is 30.7 Å². The predicted octanol–water partition coefficient (Wildman–Crippen LogP) is 3.90. The van der Waals surface area contributed by atoms with Gasteiger partial charge in [-0.15, -0.1) is 0 Å². The highest BCUT2D eigenvalue weighted by Gasteiger charge is 2.28. The van der Waals surface area contributed by atoms with Crippen molar-refractivity contribution in [1.29, 1.82) is 0 Å². The number of thioether (sulfide) groups is 1. The Morgan fingerprint density at radius 3 is 2.74 bits per heavy atom. The van der Waals surface area contributed by atoms with Gasteiger partial charge in [-0.25, -0.2) is 4.79 Å². The summed E-state index contributed by atoms with van der Waals surface area (Å²) in [7, 11) is 1.65. The van der Waals surface area contributed by atoms with Gasteiger partial charge in [-0.3, -0.25) is 0 Å². The second-order valence-corrected chi connectivity index (χ2v) is 7.78. The smallest absolute Gasteiger partial charge is 0.315 e. The number of urea groups is 1. The fourth-order valence-electron chi connectivity index (χ4n) is 3.22. The van der Waals surface area contributed by atoms with Gasteiger partial charge in [0.1, 0.15) is 5.75 Å². The highest BCUT2D eigenvalue weighted by atomic mass is 32.2. The first-order chi connectivity index (χ1) is 11.0. The van der Waals surface area contributed by atoms with Crippen molar-refractivity contribution in [1.82, 2.24) is 10.6 Å². The van der Waals surface area contributed by atoms with Crippen LogP contribution < -0.4 is 15.4 Å². The van der Waals surface area contributed by atoms with E-state index in [0.717, 1.165) is 24.2 Å². The molecule has 0 radical (unpaired) electrons. The maximum absolute atomic E-state index is 12.4. The first-order valence-corrected chi connectivity index (χ1v) is 9.50. The lowest BCUT2D eigenvalue weighted by molar-refractivity contribution is 0.221. The summed E-state index contributed by atoms with van der Waals surface area (Å²) in [5, 5.41) is 6.90. The number of para-hydroxylation sites is 1. The van der Waals surface area contributed by atoms with Crippen LogP contribution in [-0.2, 0) is 5.54 Å². The molecule has 2 unspecified atom stereocenters. The monoisotopic (exact) mass is 336 g/mol. The molecule has 128 valence electrons. The van der Waals surface area contributed by atoms with E-state index < -0.39 is 5.54 Å². The molecule has 5 heteroatoms. The van der Waals surface area contributed by atoms with Gasteiger partial charge in [0, 0.05) is 16.9 Å². The second kappa shape index (κ2) is 7.95. The lowest BCUT2D eigenvalue weighted by Crippen LogP contribution is -2.50. The Kier molecular flexibility index (Phi) is 6.22. The van der Waals surface area contributed by atoms with Crippen molar-refractivity contribution in [2.45, 2.75) is 56.4 Å². The van der Waals surface area contributed by atoms with Crippen molar-refractivity contribution >= 4 is 17.8 Å². The summed E-state index contributed by atoms with van der Waals surface area (Å²) < 4.78 is 5.42. The van der Waals surface area contributed by atoms with Crippen molar-refractivity contribution in [3.8, 4) is 5.75 Å². The van der Waals surface area contributed by atoms with Gasteiger partial charge < -0.3 is 15.4 Å². The highest BCUT2D eigenvalue weighted by molar-refractivity contribution is 7.99. The normalized spacial score (nSPS) is 21.6. The summed E-state index contributed by atoms with van der Waals surface area (Å²) in [6.45, 7) is 3.99. The van der Waals surface area contributed by atoms with E-state index in [1.165, 1.54) is 12.8 Å². The molecule has 1 aromatic rings. The summed E-state index contributed by atoms with van der Waals surface area (Å²) in [5.41, 5.74) is 0.479. The van der Waals surface area contributed by atoms with Crippen LogP contribution in [0.15, 0.2) is 24.3 Å². The number of amides is 2. The maximum atomic E-state index is 12.4. The largest absolute Gasteiger partial charge is 0.496 e. The third-order valence-electron chi connectivity index (χ3n) is 4.50. The fraction of sp³-hybridized carbons (Fsp3) is 0.611. The molecule has 1 aromatic carbocycles. The standard InChI is InChI=1S/C18H28N2O2S/c1-18(2,15-10-5-6-11-16(15)22-3)20-17(21)19-13-8-7-9-14(12-13)23-4/h5-6,10-11,13-14H,7-9,12H2,1-4H3,(H2,19,20,21). The average molecular weight is 337 g/mol. The molecule has 2 amide bonds. The van der Waals surface area contributed by atoms with Crippen LogP contribution in [0.4, 0.5) is 4.79 Å². The zero-order chi connectivity index (χ0) is 16.9. The lowest BCUT2D eigenvalue weighted by Gasteiger charge is -2.32. The summed E-state index contributed by atoms with van der Waals surface area (Å²) in [5.74, 6) is 0.790. The topological polar surface area (TPSA) is 50.4 Å². The van der Waals surface area contributed by atoms with Crippen LogP contribution in [0.5, 0.6) is 5.75 Å². The fourth-order valence-corrected chi connectivity index (χ4v) is 4.05. The zero-order valence-electron chi connectivity index (χ0n) is 14.5. The van der Waals surface area contributed by atoms with Gasteiger partial charge in [0.05, 0.1) is 12.6 Å². The highest BCUT2D eigenvalue weighted by Crippen LogP contribution is 2.30. The Hall–Kier alpha value is -1.36. The first-order valence-electron chi connectivity index (χ1n) is 8.21. The zero-order valence-corrected chi connectivity index (χ0v) is 15.3. The SMILES string of the molecule is COc1ccccc1C(C)(C)NC(=O)NC1CCCC(SC)C1. The molecule has 4 nitrogen and oxygen atoms in total. The Morgan fingerprint density at radius 2 is 2.04 bits per heavy atom. The van der Waals surface area contributed by atoms with E-state index in [1.807, 2.05) is 49.9 Å². The van der Waals surface area contributed by atoms with Gasteiger partial charge in [-0.1, -0.05) is 24.6 Å². The number of nitrogens with one attached hydrogen (secondary N) is 2. The number of methoxy groups -OCH3 is 1. The minimum atomic E-state index is -0.496. The molecule has 0 aliphatic heterocycles. The van der Waals surface area contributed by atoms with Crippen LogP contribution in [0.1, 0.15) is 45.1 Å². The van der Waals surface area contributed by atoms with E-state index in [1.54, 1.807) is 7.11 Å². The van der Waals surface area contributed by atoms with Gasteiger partial charge in [-0.2, -0.15) is 11.8 Å². The van der Waals surface area contributed by atoms with Crippen molar-refractivity contribution in [2.24, 2.45) is 0 Å². The average Bonchev–Trinajstić information content (AvgIpc) is 2.54. The minimum Gasteiger partial charge on any atom is -0.496 e. The molecule has 2 N–H and O–H groups in total. The molecule has 1 aliphatic rings. The van der Waals surface area contributed by atoms with E-state index in [-0.39, 0.29) is 12.1 Å². The van der Waals surface area contributed by atoms with Gasteiger partial charge in [-0.05, 0) is 45.4 Å². The van der Waals surface area contributed by atoms with Gasteiger partial charge in [0.15, 0.2) is 0 Å². The summed E-state index contributed by atoms with van der Waals surface area (Å²) in [6.07, 6.45) is 6.72. The quantitative estimate of drug-likeness (QED) is 0.857. The summed E-state index contributed by atoms with van der Waals surface area (Å²) in [6, 6.07) is 7.97. The van der Waals surface area contributed by atoms with Crippen LogP contribution in [0.25, 0.3) is 0 Å². The number of rotatable bonds is 5. The molecule has 2 rings (SSSR count). The van der Waals surface area contributed by atoms with Gasteiger partial charge in [0.25, 0.3) is 0 Å². The van der Waals surface area contributed by atoms with Gasteiger partial charge >= 0.3 is 6.03 Å². The predicted molar refractivity (Wildman–Crippen MR) is 97.2 cm³/mol. The minimum absolute atomic E-state index is 0.104. The van der Waals surface area contributed by atoms with Crippen LogP contribution in [0.3, 0.4) is 0 Å². The number of hydrogen-bond donors (Lipinski definition) is 2. The lowest BCUT2D eigenvalue weighted by atomic mass is 9.93. The molecule has 0 saturated heterocycles. The van der Waals surface area contributed by atoms with Crippen molar-refractivity contribution in [3.05, 3.63) is 29.8 Å². The third kappa shape index (κ3) is 4.80. The van der Waals surface area contributed by atoms with E-state index in [9.17, 15) is 4.79 Å². The Morgan fingerprint density at radius 1 is 1.30 bits per heavy atom. The van der Waals surface area contributed by atoms with E-state index in [4.69, 9.17) is 4.74 Å². The van der Waals surface area contributed by atoms with E-state index in [0.29, 0.717) is 5.25 Å². The first kappa shape index (κ1) is 18.0. The molecule has 23 heavy (non-hydrogen) atoms. The Bertz CT molecular complexity index is 534. The van der Waals surface area contributed by atoms with Crippen LogP contribution in [0.2, 0.25) is 0 Å².